The summed E-state index contributed by atoms with van der Waals surface area (Å²) in [7, 11) is 2.06. The first-order valence-corrected chi connectivity index (χ1v) is 10.5. The smallest absolute Gasteiger partial charge is 0.241 e. The van der Waals surface area contributed by atoms with E-state index in [4.69, 9.17) is 21.7 Å². The Balaban J connectivity index is 1.43. The number of thiocarbonyl (C=S) groups is 1. The fraction of sp³-hybridized carbons (Fsp3) is 0.600. The summed E-state index contributed by atoms with van der Waals surface area (Å²) in [4.78, 5) is 33.0. The maximum atomic E-state index is 12.8. The first kappa shape index (κ1) is 21.4. The third kappa shape index (κ3) is 5.42. The van der Waals surface area contributed by atoms with Gasteiger partial charge in [-0.05, 0) is 44.7 Å². The lowest BCUT2D eigenvalue weighted by Gasteiger charge is -2.30. The van der Waals surface area contributed by atoms with Crippen molar-refractivity contribution in [3.8, 4) is 0 Å². The lowest BCUT2D eigenvalue weighted by atomic mass is 9.94. The molecule has 8 nitrogen and oxygen atoms in total. The summed E-state index contributed by atoms with van der Waals surface area (Å²) in [6.07, 6.45) is 6.62. The van der Waals surface area contributed by atoms with Crippen LogP contribution in [0.25, 0.3) is 0 Å². The minimum atomic E-state index is -0.519. The largest absolute Gasteiger partial charge is 0.454 e. The van der Waals surface area contributed by atoms with Crippen LogP contribution in [0.5, 0.6) is 0 Å². The van der Waals surface area contributed by atoms with Crippen molar-refractivity contribution in [2.75, 3.05) is 40.0 Å². The molecule has 2 aliphatic heterocycles. The van der Waals surface area contributed by atoms with Gasteiger partial charge >= 0.3 is 0 Å². The van der Waals surface area contributed by atoms with E-state index in [9.17, 15) is 9.59 Å². The molecule has 0 aromatic heterocycles. The standard InChI is InChI=1S/C20H28N4O4S/c1-3-4-8-23(2)10-7-21-18(25)6-5-9-24-19(26)14-11-16-17(28-13-27-16)12-15(14)22-20(24)29/h11-12,14H,3-10,13H2,1-2H3,(H,21,25). The molecule has 2 heterocycles. The number of hydrogen-bond acceptors (Lipinski definition) is 6. The second-order valence-electron chi connectivity index (χ2n) is 7.34. The second-order valence-corrected chi connectivity index (χ2v) is 7.71. The first-order chi connectivity index (χ1) is 14.0. The zero-order valence-corrected chi connectivity index (χ0v) is 17.8. The number of ether oxygens (including phenoxy) is 2. The molecular weight excluding hydrogens is 392 g/mol. The Hall–Kier alpha value is -2.26. The highest BCUT2D eigenvalue weighted by molar-refractivity contribution is 7.80. The van der Waals surface area contributed by atoms with E-state index in [1.165, 1.54) is 4.90 Å². The third-order valence-corrected chi connectivity index (χ3v) is 5.38. The Morgan fingerprint density at radius 3 is 2.93 bits per heavy atom. The lowest BCUT2D eigenvalue weighted by Crippen LogP contribution is -2.46. The van der Waals surface area contributed by atoms with Crippen molar-refractivity contribution in [1.82, 2.24) is 15.1 Å². The predicted octanol–water partition coefficient (Wildman–Crippen LogP) is 1.58. The summed E-state index contributed by atoms with van der Waals surface area (Å²) in [5.41, 5.74) is 0.574. The van der Waals surface area contributed by atoms with E-state index in [1.807, 2.05) is 0 Å². The van der Waals surface area contributed by atoms with Gasteiger partial charge in [0.2, 0.25) is 23.7 Å². The summed E-state index contributed by atoms with van der Waals surface area (Å²) < 4.78 is 10.7. The van der Waals surface area contributed by atoms with Crippen molar-refractivity contribution in [2.45, 2.75) is 32.6 Å². The molecule has 0 saturated carbocycles. The number of rotatable bonds is 10. The number of amides is 2. The third-order valence-electron chi connectivity index (χ3n) is 5.07. The van der Waals surface area contributed by atoms with Crippen LogP contribution in [0, 0.1) is 5.92 Å². The minimum Gasteiger partial charge on any atom is -0.454 e. The lowest BCUT2D eigenvalue weighted by molar-refractivity contribution is -0.129. The summed E-state index contributed by atoms with van der Waals surface area (Å²) in [5.74, 6) is 0.475. The Labute approximate surface area is 176 Å². The van der Waals surface area contributed by atoms with E-state index in [0.717, 1.165) is 25.9 Å². The average molecular weight is 421 g/mol. The molecule has 0 spiro atoms. The summed E-state index contributed by atoms with van der Waals surface area (Å²) in [6.45, 7) is 5.16. The number of allylic oxidation sites excluding steroid dienone is 1. The van der Waals surface area contributed by atoms with Gasteiger partial charge in [0.15, 0.2) is 11.5 Å². The number of carbonyl (C=O) groups is 2. The maximum absolute atomic E-state index is 12.8. The van der Waals surface area contributed by atoms with E-state index >= 15 is 0 Å². The van der Waals surface area contributed by atoms with Crippen molar-refractivity contribution in [2.24, 2.45) is 10.9 Å². The zero-order valence-electron chi connectivity index (χ0n) is 17.0. The van der Waals surface area contributed by atoms with Crippen LogP contribution in [0.1, 0.15) is 32.6 Å². The Kier molecular flexibility index (Phi) is 7.38. The quantitative estimate of drug-likeness (QED) is 0.541. The number of fused-ring (bicyclic) bond motifs is 2. The van der Waals surface area contributed by atoms with Crippen LogP contribution >= 0.6 is 12.2 Å². The van der Waals surface area contributed by atoms with Crippen molar-refractivity contribution >= 4 is 34.9 Å². The van der Waals surface area contributed by atoms with Gasteiger partial charge in [-0.1, -0.05) is 13.3 Å². The number of hydrogen-bond donors (Lipinski definition) is 1. The van der Waals surface area contributed by atoms with Gasteiger partial charge in [0.25, 0.3) is 0 Å². The molecule has 1 N–H and O–H groups in total. The normalized spacial score (nSPS) is 20.3. The van der Waals surface area contributed by atoms with E-state index in [1.54, 1.807) is 12.2 Å². The molecule has 1 aliphatic carbocycles. The van der Waals surface area contributed by atoms with Gasteiger partial charge < -0.3 is 19.7 Å². The van der Waals surface area contributed by atoms with E-state index in [-0.39, 0.29) is 23.7 Å². The van der Waals surface area contributed by atoms with Gasteiger partial charge in [-0.3, -0.25) is 14.5 Å². The fourth-order valence-corrected chi connectivity index (χ4v) is 3.64. The molecule has 0 bridgehead atoms. The van der Waals surface area contributed by atoms with E-state index < -0.39 is 5.92 Å². The van der Waals surface area contributed by atoms with Crippen molar-refractivity contribution in [3.05, 3.63) is 23.7 Å². The van der Waals surface area contributed by atoms with Crippen LogP contribution in [-0.4, -0.2) is 72.5 Å². The molecule has 1 saturated heterocycles. The number of aliphatic imine (C=N–C) groups is 1. The minimum absolute atomic E-state index is 0.0164. The molecule has 1 unspecified atom stereocenters. The van der Waals surface area contributed by atoms with E-state index in [2.05, 4.69) is 29.2 Å². The van der Waals surface area contributed by atoms with Crippen LogP contribution in [0.4, 0.5) is 0 Å². The van der Waals surface area contributed by atoms with Crippen molar-refractivity contribution in [1.29, 1.82) is 0 Å². The number of likely N-dealkylation sites (N-methyl/N-ethyl adjacent to an activating group) is 1. The van der Waals surface area contributed by atoms with E-state index in [0.29, 0.717) is 43.2 Å². The highest BCUT2D eigenvalue weighted by Gasteiger charge is 2.38. The number of carbonyl (C=O) groups excluding carboxylic acids is 2. The second kappa shape index (κ2) is 9.98. The van der Waals surface area contributed by atoms with Gasteiger partial charge in [0.1, 0.15) is 5.92 Å². The molecule has 3 aliphatic rings. The summed E-state index contributed by atoms with van der Waals surface area (Å²) >= 11 is 5.29. The van der Waals surface area contributed by atoms with Gasteiger partial charge in [0, 0.05) is 32.1 Å². The Bertz CT molecular complexity index is 762. The average Bonchev–Trinajstić information content (AvgIpc) is 3.15. The van der Waals surface area contributed by atoms with Crippen molar-refractivity contribution in [3.63, 3.8) is 0 Å². The monoisotopic (exact) mass is 420 g/mol. The molecule has 0 radical (unpaired) electrons. The summed E-state index contributed by atoms with van der Waals surface area (Å²) in [6, 6.07) is 0. The highest BCUT2D eigenvalue weighted by Crippen LogP contribution is 2.31. The van der Waals surface area contributed by atoms with Gasteiger partial charge in [0.05, 0.1) is 5.71 Å². The fourth-order valence-electron chi connectivity index (χ4n) is 3.35. The molecule has 1 fully saturated rings. The Morgan fingerprint density at radius 1 is 1.34 bits per heavy atom. The molecule has 1 atom stereocenters. The van der Waals surface area contributed by atoms with Gasteiger partial charge in [-0.25, -0.2) is 4.99 Å². The summed E-state index contributed by atoms with van der Waals surface area (Å²) in [5, 5.41) is 3.16. The molecule has 0 aromatic rings. The zero-order chi connectivity index (χ0) is 20.8. The number of unbranched alkanes of at least 4 members (excludes halogenated alkanes) is 1. The molecule has 29 heavy (non-hydrogen) atoms. The van der Waals surface area contributed by atoms with Crippen LogP contribution < -0.4 is 5.32 Å². The maximum Gasteiger partial charge on any atom is 0.241 e. The Morgan fingerprint density at radius 2 is 2.14 bits per heavy atom. The number of nitrogens with zero attached hydrogens (tertiary/aromatic N) is 3. The molecule has 2 amide bonds. The van der Waals surface area contributed by atoms with Crippen molar-refractivity contribution < 1.29 is 19.1 Å². The number of nitrogens with one attached hydrogen (secondary N) is 1. The molecule has 0 aromatic carbocycles. The van der Waals surface area contributed by atoms with Crippen LogP contribution in [0.3, 0.4) is 0 Å². The molecule has 9 heteroatoms. The van der Waals surface area contributed by atoms with Crippen LogP contribution in [0.15, 0.2) is 28.7 Å². The van der Waals surface area contributed by atoms with Crippen LogP contribution in [-0.2, 0) is 19.1 Å². The molecule has 3 rings (SSSR count). The SMILES string of the molecule is CCCCN(C)CCNC(=O)CCCN1C(=O)C2C=C3OCOC3=CC2=NC1=S. The van der Waals surface area contributed by atoms with Gasteiger partial charge in [-0.15, -0.1) is 0 Å². The van der Waals surface area contributed by atoms with Crippen LogP contribution in [0.2, 0.25) is 0 Å². The first-order valence-electron chi connectivity index (χ1n) is 10.1. The highest BCUT2D eigenvalue weighted by atomic mass is 32.1. The molecule has 158 valence electrons. The molecular formula is C20H28N4O4S. The topological polar surface area (TPSA) is 83.5 Å². The predicted molar refractivity (Wildman–Crippen MR) is 113 cm³/mol. The van der Waals surface area contributed by atoms with Gasteiger partial charge in [-0.2, -0.15) is 0 Å².